The molecule has 0 N–H and O–H groups in total. The Morgan fingerprint density at radius 1 is 0.185 bits per heavy atom. The van der Waals surface area contributed by atoms with Gasteiger partial charge in [-0.2, -0.15) is 73.7 Å². The molecule has 0 bridgehead atoms. The van der Waals surface area contributed by atoms with Crippen LogP contribution in [0.5, 0.6) is 0 Å². The van der Waals surface area contributed by atoms with Gasteiger partial charge in [-0.15, -0.1) is 0 Å². The van der Waals surface area contributed by atoms with Crippen molar-refractivity contribution in [1.29, 1.82) is 21.0 Å². The molecule has 0 atom stereocenters. The average Bonchev–Trinajstić information content (AvgIpc) is 1.57. The fourth-order valence-corrected chi connectivity index (χ4v) is 17.2. The molecule has 6 aromatic heterocycles. The van der Waals surface area contributed by atoms with Gasteiger partial charge >= 0.3 is 24.7 Å². The highest BCUT2D eigenvalue weighted by Gasteiger charge is 2.40. The van der Waals surface area contributed by atoms with E-state index in [9.17, 15) is 47.4 Å². The molecule has 0 radical (unpaired) electrons. The number of aromatic nitrogens is 6. The molecule has 0 aliphatic carbocycles. The van der Waals surface area contributed by atoms with Crippen LogP contribution in [0.3, 0.4) is 0 Å². The number of benzene rings is 14. The molecule has 124 heavy (non-hydrogen) atoms. The zero-order chi connectivity index (χ0) is 85.6. The molecule has 20 rings (SSSR count). The third-order valence-electron chi connectivity index (χ3n) is 22.8. The molecular weight excluding hydrogens is 1590 g/mol. The molecule has 14 aromatic carbocycles. The van der Waals surface area contributed by atoms with Crippen LogP contribution in [0.2, 0.25) is 0 Å². The van der Waals surface area contributed by atoms with E-state index in [4.69, 9.17) is 9.97 Å². The van der Waals surface area contributed by atoms with Crippen LogP contribution in [-0.2, 0) is 24.7 Å². The fourth-order valence-electron chi connectivity index (χ4n) is 17.2. The minimum Gasteiger partial charge on any atom is -0.294 e. The molecule has 10 nitrogen and oxygen atoms in total. The smallest absolute Gasteiger partial charge is 0.294 e. The van der Waals surface area contributed by atoms with Crippen molar-refractivity contribution in [2.75, 3.05) is 0 Å². The Kier molecular flexibility index (Phi) is 17.7. The Morgan fingerprint density at radius 2 is 0.427 bits per heavy atom. The molecule has 0 aliphatic heterocycles. The summed E-state index contributed by atoms with van der Waals surface area (Å²) >= 11 is 0. The molecule has 0 saturated heterocycles. The molecule has 0 amide bonds. The third kappa shape index (κ3) is 13.3. The maximum Gasteiger partial charge on any atom is 0.416 e. The van der Waals surface area contributed by atoms with Crippen LogP contribution in [0.25, 0.3) is 188 Å². The Bertz CT molecular complexity index is 8080. The molecule has 0 aliphatic rings. The van der Waals surface area contributed by atoms with E-state index in [2.05, 4.69) is 24.3 Å². The molecule has 6 heterocycles. The summed E-state index contributed by atoms with van der Waals surface area (Å²) in [5.74, 6) is 0.404. The van der Waals surface area contributed by atoms with Crippen molar-refractivity contribution in [3.8, 4) is 125 Å². The highest BCUT2D eigenvalue weighted by molar-refractivity contribution is 6.15. The van der Waals surface area contributed by atoms with Gasteiger partial charge in [0.05, 0.1) is 113 Å². The van der Waals surface area contributed by atoms with Crippen LogP contribution in [-0.4, -0.2) is 28.2 Å². The molecule has 0 saturated carbocycles. The van der Waals surface area contributed by atoms with Crippen LogP contribution >= 0.6 is 0 Å². The Labute approximate surface area is 695 Å². The van der Waals surface area contributed by atoms with Gasteiger partial charge in [0.2, 0.25) is 0 Å². The number of fused-ring (bicyclic) bond motifs is 12. The fraction of sp³-hybridized carbons (Fsp3) is 0.0392. The highest BCUT2D eigenvalue weighted by atomic mass is 19.4. The van der Waals surface area contributed by atoms with Gasteiger partial charge in [0.1, 0.15) is 23.3 Å². The van der Waals surface area contributed by atoms with E-state index in [1.165, 1.54) is 24.3 Å². The van der Waals surface area contributed by atoms with Crippen LogP contribution in [0.15, 0.2) is 315 Å². The van der Waals surface area contributed by atoms with Crippen LogP contribution in [0.1, 0.15) is 44.5 Å². The maximum absolute atomic E-state index is 15.0. The Morgan fingerprint density at radius 3 is 0.766 bits per heavy atom. The Hall–Kier alpha value is -16.3. The summed E-state index contributed by atoms with van der Waals surface area (Å²) in [6.07, 6.45) is -20.9. The van der Waals surface area contributed by atoms with Gasteiger partial charge in [0.25, 0.3) is 0 Å². The van der Waals surface area contributed by atoms with E-state index >= 15 is 26.3 Å². The number of alkyl halides is 12. The minimum atomic E-state index is -5.22. The highest BCUT2D eigenvalue weighted by Crippen LogP contribution is 2.48. The number of para-hydroxylation sites is 3. The average molecular weight is 1650 g/mol. The number of halogens is 12. The number of hydrogen-bond donors (Lipinski definition) is 0. The molecule has 594 valence electrons. The summed E-state index contributed by atoms with van der Waals surface area (Å²) in [5, 5.41) is 46.4. The number of hydrogen-bond acceptors (Lipinski definition) is 6. The predicted octanol–water partition coefficient (Wildman–Crippen LogP) is 28.1. The molecule has 22 heteroatoms. The topological polar surface area (TPSA) is 141 Å². The normalized spacial score (nSPS) is 12.2. The summed E-state index contributed by atoms with van der Waals surface area (Å²) in [6, 6.07) is 93.9. The van der Waals surface area contributed by atoms with Crippen LogP contribution in [0.4, 0.5) is 52.7 Å². The standard InChI is InChI=1S/C102H52F12N10/c103-99(104,105)75-38-71(39-76(51-75)100(106,107)108)73-47-95(121-89-21-6-3-18-81(89)84-42-64(24-29-90(84)121)61-13-7-10-57(32-61)53-115)119-96(48-73)122-91-30-25-65(62-14-8-11-58(33-62)54-116)43-85(91)86-44-66(26-31-92(86)122)69-35-60(56-118)36-70(37-69)68-23-28-83-80-17-2-5-20-88(80)124(94(83)46-68)98-50-74(72-40-77(101(109,110)111)52-78(41-72)102(112,113)114)49-97(120-98)123-87-19-4-1-16-79(87)82-27-22-67(45-93(82)123)63-15-9-12-59(34-63)55-117/h1-52H. The lowest BCUT2D eigenvalue weighted by Gasteiger charge is -2.17. The van der Waals surface area contributed by atoms with Gasteiger partial charge in [-0.1, -0.05) is 133 Å². The van der Waals surface area contributed by atoms with Gasteiger partial charge in [-0.05, 0) is 260 Å². The number of rotatable bonds is 11. The van der Waals surface area contributed by atoms with Crippen molar-refractivity contribution >= 4 is 87.2 Å². The molecule has 0 fully saturated rings. The van der Waals surface area contributed by atoms with E-state index in [0.29, 0.717) is 157 Å². The van der Waals surface area contributed by atoms with Crippen molar-refractivity contribution in [3.05, 3.63) is 360 Å². The SMILES string of the molecule is N#Cc1cccc(-c2ccc3c(c2)c2ccccc2n3-c2cc(-c3cc(C(F)(F)F)cc(C(F)(F)F)c3)cc(-n3c4ccc(-c5cccc(C#N)c5)cc4c4cc(-c5cc(C#N)cc(-c6ccc7c8ccccc8n(-c8cc(-c9cc(C(F)(F)F)cc(C(F)(F)F)c9)cc(-n9c%10ccccc%10c%10ccc(-c%11cccc(C#N)c%11)cc%109)n8)c7c6)c5)ccc43)n2)c1. The van der Waals surface area contributed by atoms with Crippen molar-refractivity contribution in [2.24, 2.45) is 0 Å². The summed E-state index contributed by atoms with van der Waals surface area (Å²) < 4.78 is 187. The van der Waals surface area contributed by atoms with E-state index in [1.54, 1.807) is 105 Å². The van der Waals surface area contributed by atoms with Crippen molar-refractivity contribution in [1.82, 2.24) is 28.2 Å². The summed E-state index contributed by atoms with van der Waals surface area (Å²) in [5.41, 5.74) is 5.03. The number of nitrogens with zero attached hydrogens (tertiary/aromatic N) is 10. The van der Waals surface area contributed by atoms with Crippen molar-refractivity contribution in [2.45, 2.75) is 24.7 Å². The van der Waals surface area contributed by atoms with Crippen LogP contribution < -0.4 is 0 Å². The summed E-state index contributed by atoms with van der Waals surface area (Å²) in [7, 11) is 0. The Balaban J connectivity index is 0.788. The first-order valence-corrected chi connectivity index (χ1v) is 38.6. The van der Waals surface area contributed by atoms with E-state index < -0.39 is 58.1 Å². The first-order chi connectivity index (χ1) is 59.7. The third-order valence-corrected chi connectivity index (χ3v) is 22.8. The van der Waals surface area contributed by atoms with Gasteiger partial charge < -0.3 is 0 Å². The molecule has 20 aromatic rings. The first kappa shape index (κ1) is 76.4. The summed E-state index contributed by atoms with van der Waals surface area (Å²) in [4.78, 5) is 10.8. The first-order valence-electron chi connectivity index (χ1n) is 38.6. The van der Waals surface area contributed by atoms with Crippen molar-refractivity contribution < 1.29 is 52.7 Å². The van der Waals surface area contributed by atoms with E-state index in [1.807, 2.05) is 168 Å². The van der Waals surface area contributed by atoms with E-state index in [-0.39, 0.29) is 52.1 Å². The lowest BCUT2D eigenvalue weighted by molar-refractivity contribution is -0.144. The lowest BCUT2D eigenvalue weighted by Crippen LogP contribution is -2.11. The molecule has 0 spiro atoms. The predicted molar refractivity (Wildman–Crippen MR) is 456 cm³/mol. The van der Waals surface area contributed by atoms with Gasteiger partial charge in [0.15, 0.2) is 0 Å². The van der Waals surface area contributed by atoms with Crippen LogP contribution in [0, 0.1) is 45.3 Å². The number of nitriles is 4. The maximum atomic E-state index is 15.0. The second kappa shape index (κ2) is 28.7. The second-order valence-electron chi connectivity index (χ2n) is 30.3. The van der Waals surface area contributed by atoms with Gasteiger partial charge in [-0.25, -0.2) is 9.97 Å². The number of pyridine rings is 2. The largest absolute Gasteiger partial charge is 0.416 e. The quantitative estimate of drug-likeness (QED) is 0.118. The van der Waals surface area contributed by atoms with Gasteiger partial charge in [-0.3, -0.25) is 18.3 Å². The summed E-state index contributed by atoms with van der Waals surface area (Å²) in [6.45, 7) is 0. The zero-order valence-electron chi connectivity index (χ0n) is 64.0. The van der Waals surface area contributed by atoms with Gasteiger partial charge in [0, 0.05) is 43.1 Å². The van der Waals surface area contributed by atoms with E-state index in [0.717, 1.165) is 27.3 Å². The molecular formula is C102H52F12N10. The monoisotopic (exact) mass is 1640 g/mol. The second-order valence-corrected chi connectivity index (χ2v) is 30.3. The zero-order valence-corrected chi connectivity index (χ0v) is 64.0. The minimum absolute atomic E-state index is 0.0540. The lowest BCUT2D eigenvalue weighted by atomic mass is 9.94. The van der Waals surface area contributed by atoms with Crippen molar-refractivity contribution in [3.63, 3.8) is 0 Å². The molecule has 0 unspecified atom stereocenters.